The molecule has 1 aromatic rings. The number of carbonyl (C=O) groups is 1. The highest BCUT2D eigenvalue weighted by molar-refractivity contribution is 5.96. The number of hydrogen-bond donors (Lipinski definition) is 2. The van der Waals surface area contributed by atoms with Crippen LogP contribution in [-0.2, 0) is 4.74 Å². The summed E-state index contributed by atoms with van der Waals surface area (Å²) in [6.45, 7) is 3.13. The van der Waals surface area contributed by atoms with Crippen LogP contribution in [0.5, 0.6) is 0 Å². The fraction of sp³-hybridized carbons (Fsp3) is 0.600. The van der Waals surface area contributed by atoms with E-state index in [1.165, 1.54) is 7.11 Å². The number of hydrogen-bond acceptors (Lipinski definition) is 5. The Morgan fingerprint density at radius 3 is 3.12 bits per heavy atom. The van der Waals surface area contributed by atoms with Gasteiger partial charge < -0.3 is 15.8 Å². The van der Waals surface area contributed by atoms with Crippen LogP contribution < -0.4 is 11.1 Å². The molecular weight excluding hydrogens is 208 g/mol. The second-order valence-electron chi connectivity index (χ2n) is 3.85. The van der Waals surface area contributed by atoms with E-state index in [1.807, 2.05) is 0 Å². The molecule has 3 N–H and O–H groups in total. The maximum Gasteiger partial charge on any atom is 0.343 e. The molecule has 0 aromatic carbocycles. The maximum absolute atomic E-state index is 11.6. The number of nitrogens with zero attached hydrogens (tertiary/aromatic N) is 2. The van der Waals surface area contributed by atoms with Crippen LogP contribution in [-0.4, -0.2) is 35.9 Å². The Kier molecular flexibility index (Phi) is 2.82. The molecule has 16 heavy (non-hydrogen) atoms. The third-order valence-electron chi connectivity index (χ3n) is 2.86. The number of rotatable bonds is 2. The van der Waals surface area contributed by atoms with E-state index in [-0.39, 0.29) is 12.0 Å². The molecule has 2 heterocycles. The van der Waals surface area contributed by atoms with Gasteiger partial charge in [0.1, 0.15) is 11.4 Å². The van der Waals surface area contributed by atoms with Gasteiger partial charge in [-0.25, -0.2) is 9.48 Å². The molecule has 0 radical (unpaired) electrons. The summed E-state index contributed by atoms with van der Waals surface area (Å²) in [5, 5.41) is 7.52. The lowest BCUT2D eigenvalue weighted by Gasteiger charge is -2.24. The predicted molar refractivity (Wildman–Crippen MR) is 59.5 cm³/mol. The summed E-state index contributed by atoms with van der Waals surface area (Å²) < 4.78 is 6.54. The van der Waals surface area contributed by atoms with E-state index in [4.69, 9.17) is 10.5 Å². The molecule has 0 bridgehead atoms. The molecule has 0 amide bonds. The topological polar surface area (TPSA) is 82.2 Å². The standard InChI is InChI=1S/C10H16N4O2/c1-6-8(10(15)16-2)9-12-4-3-7(5-11)14(9)13-6/h7,12H,3-5,11H2,1-2H3. The van der Waals surface area contributed by atoms with Crippen molar-refractivity contribution in [1.82, 2.24) is 9.78 Å². The van der Waals surface area contributed by atoms with E-state index >= 15 is 0 Å². The predicted octanol–water partition coefficient (Wildman–Crippen LogP) is 0.294. The Bertz CT molecular complexity index is 413. The van der Waals surface area contributed by atoms with Crippen LogP contribution in [0.15, 0.2) is 0 Å². The fourth-order valence-corrected chi connectivity index (χ4v) is 2.02. The lowest BCUT2D eigenvalue weighted by Crippen LogP contribution is -2.29. The van der Waals surface area contributed by atoms with Gasteiger partial charge in [-0.1, -0.05) is 0 Å². The van der Waals surface area contributed by atoms with Crippen LogP contribution in [0.25, 0.3) is 0 Å². The number of aryl methyl sites for hydroxylation is 1. The summed E-state index contributed by atoms with van der Waals surface area (Å²) in [5.41, 5.74) is 6.87. The minimum absolute atomic E-state index is 0.161. The monoisotopic (exact) mass is 224 g/mol. The number of ether oxygens (including phenoxy) is 1. The van der Waals surface area contributed by atoms with Crippen molar-refractivity contribution in [3.05, 3.63) is 11.3 Å². The van der Waals surface area contributed by atoms with Crippen LogP contribution in [0.4, 0.5) is 5.82 Å². The van der Waals surface area contributed by atoms with Gasteiger partial charge in [0.25, 0.3) is 0 Å². The summed E-state index contributed by atoms with van der Waals surface area (Å²) in [4.78, 5) is 11.6. The zero-order valence-corrected chi connectivity index (χ0v) is 9.49. The second-order valence-corrected chi connectivity index (χ2v) is 3.85. The Morgan fingerprint density at radius 1 is 1.75 bits per heavy atom. The largest absolute Gasteiger partial charge is 0.465 e. The summed E-state index contributed by atoms with van der Waals surface area (Å²) in [7, 11) is 1.37. The first kappa shape index (κ1) is 10.9. The maximum atomic E-state index is 11.6. The zero-order valence-electron chi connectivity index (χ0n) is 9.49. The minimum atomic E-state index is -0.357. The van der Waals surface area contributed by atoms with Crippen LogP contribution in [0.1, 0.15) is 28.5 Å². The van der Waals surface area contributed by atoms with Crippen molar-refractivity contribution in [1.29, 1.82) is 0 Å². The fourth-order valence-electron chi connectivity index (χ4n) is 2.02. The molecular formula is C10H16N4O2. The number of esters is 1. The van der Waals surface area contributed by atoms with E-state index in [0.717, 1.165) is 18.8 Å². The highest BCUT2D eigenvalue weighted by atomic mass is 16.5. The third kappa shape index (κ3) is 1.55. The molecule has 2 rings (SSSR count). The summed E-state index contributed by atoms with van der Waals surface area (Å²) in [5.74, 6) is 0.370. The highest BCUT2D eigenvalue weighted by Crippen LogP contribution is 2.28. The van der Waals surface area contributed by atoms with Crippen LogP contribution >= 0.6 is 0 Å². The number of methoxy groups -OCH3 is 1. The van der Waals surface area contributed by atoms with Gasteiger partial charge in [0.15, 0.2) is 0 Å². The number of nitrogens with two attached hydrogens (primary N) is 1. The Hall–Kier alpha value is -1.56. The molecule has 1 aliphatic heterocycles. The number of fused-ring (bicyclic) bond motifs is 1. The van der Waals surface area contributed by atoms with E-state index in [2.05, 4.69) is 10.4 Å². The van der Waals surface area contributed by atoms with Gasteiger partial charge in [-0.2, -0.15) is 5.10 Å². The third-order valence-corrected chi connectivity index (χ3v) is 2.86. The molecule has 0 spiro atoms. The van der Waals surface area contributed by atoms with Gasteiger partial charge in [0, 0.05) is 13.1 Å². The molecule has 0 aliphatic carbocycles. The van der Waals surface area contributed by atoms with Gasteiger partial charge >= 0.3 is 5.97 Å². The van der Waals surface area contributed by atoms with Crippen molar-refractivity contribution < 1.29 is 9.53 Å². The Labute approximate surface area is 93.8 Å². The van der Waals surface area contributed by atoms with E-state index in [1.54, 1.807) is 11.6 Å². The number of anilines is 1. The molecule has 6 heteroatoms. The first-order valence-corrected chi connectivity index (χ1v) is 5.30. The Morgan fingerprint density at radius 2 is 2.50 bits per heavy atom. The molecule has 88 valence electrons. The first-order chi connectivity index (χ1) is 7.69. The van der Waals surface area contributed by atoms with Gasteiger partial charge in [-0.05, 0) is 13.3 Å². The van der Waals surface area contributed by atoms with Crippen molar-refractivity contribution in [3.63, 3.8) is 0 Å². The number of carbonyl (C=O) groups excluding carboxylic acids is 1. The lowest BCUT2D eigenvalue weighted by molar-refractivity contribution is 0.0601. The van der Waals surface area contributed by atoms with Crippen LogP contribution in [0, 0.1) is 6.92 Å². The molecule has 0 fully saturated rings. The summed E-state index contributed by atoms with van der Waals surface area (Å²) in [6, 6.07) is 0.161. The zero-order chi connectivity index (χ0) is 11.7. The van der Waals surface area contributed by atoms with Crippen molar-refractivity contribution in [2.24, 2.45) is 5.73 Å². The smallest absolute Gasteiger partial charge is 0.343 e. The highest BCUT2D eigenvalue weighted by Gasteiger charge is 2.28. The van der Waals surface area contributed by atoms with Crippen LogP contribution in [0.3, 0.4) is 0 Å². The SMILES string of the molecule is COC(=O)c1c(C)nn2c1NCCC2CN. The average Bonchev–Trinajstić information content (AvgIpc) is 2.63. The minimum Gasteiger partial charge on any atom is -0.465 e. The van der Waals surface area contributed by atoms with Gasteiger partial charge in [0.05, 0.1) is 18.8 Å². The second kappa shape index (κ2) is 4.13. The summed E-state index contributed by atoms with van der Waals surface area (Å²) >= 11 is 0. The molecule has 0 saturated heterocycles. The van der Waals surface area contributed by atoms with Crippen molar-refractivity contribution in [2.75, 3.05) is 25.5 Å². The quantitative estimate of drug-likeness (QED) is 0.706. The van der Waals surface area contributed by atoms with Gasteiger partial charge in [0.2, 0.25) is 0 Å². The first-order valence-electron chi connectivity index (χ1n) is 5.30. The molecule has 1 unspecified atom stereocenters. The van der Waals surface area contributed by atoms with Crippen molar-refractivity contribution >= 4 is 11.8 Å². The lowest BCUT2D eigenvalue weighted by atomic mass is 10.1. The van der Waals surface area contributed by atoms with E-state index in [0.29, 0.717) is 17.8 Å². The average molecular weight is 224 g/mol. The number of aromatic nitrogens is 2. The normalized spacial score (nSPS) is 18.8. The molecule has 0 saturated carbocycles. The van der Waals surface area contributed by atoms with Gasteiger partial charge in [-0.3, -0.25) is 0 Å². The van der Waals surface area contributed by atoms with Crippen molar-refractivity contribution in [2.45, 2.75) is 19.4 Å². The molecule has 1 atom stereocenters. The van der Waals surface area contributed by atoms with E-state index in [9.17, 15) is 4.79 Å². The number of nitrogens with one attached hydrogen (secondary N) is 1. The Balaban J connectivity index is 2.48. The molecule has 1 aromatic heterocycles. The van der Waals surface area contributed by atoms with E-state index < -0.39 is 0 Å². The van der Waals surface area contributed by atoms with Crippen LogP contribution in [0.2, 0.25) is 0 Å². The summed E-state index contributed by atoms with van der Waals surface area (Å²) in [6.07, 6.45) is 0.922. The van der Waals surface area contributed by atoms with Crippen molar-refractivity contribution in [3.8, 4) is 0 Å². The molecule has 6 nitrogen and oxygen atoms in total. The molecule has 1 aliphatic rings. The van der Waals surface area contributed by atoms with Gasteiger partial charge in [-0.15, -0.1) is 0 Å².